The Labute approximate surface area is 177 Å². The number of carbonyl (C=O) groups is 1. The van der Waals surface area contributed by atoms with Gasteiger partial charge in [0, 0.05) is 37.0 Å². The molecule has 6 nitrogen and oxygen atoms in total. The number of fused-ring (bicyclic) bond motifs is 1. The maximum atomic E-state index is 12.9. The molecule has 0 bridgehead atoms. The highest BCUT2D eigenvalue weighted by Crippen LogP contribution is 2.24. The first-order chi connectivity index (χ1) is 14.5. The number of aryl methyl sites for hydroxylation is 3. The van der Waals surface area contributed by atoms with Crippen molar-refractivity contribution in [2.24, 2.45) is 7.05 Å². The zero-order chi connectivity index (χ0) is 21.1. The van der Waals surface area contributed by atoms with Gasteiger partial charge in [0.05, 0.1) is 25.5 Å². The average Bonchev–Trinajstić information content (AvgIpc) is 3.06. The van der Waals surface area contributed by atoms with Gasteiger partial charge in [0.1, 0.15) is 0 Å². The Morgan fingerprint density at radius 2 is 1.93 bits per heavy atom. The Balaban J connectivity index is 1.42. The van der Waals surface area contributed by atoms with E-state index in [0.29, 0.717) is 26.3 Å². The normalized spacial score (nSPS) is 13.2. The zero-order valence-electron chi connectivity index (χ0n) is 17.8. The highest BCUT2D eigenvalue weighted by molar-refractivity contribution is 5.90. The Bertz CT molecular complexity index is 1040. The lowest BCUT2D eigenvalue weighted by Crippen LogP contribution is -2.39. The molecule has 0 unspecified atom stereocenters. The van der Waals surface area contributed by atoms with E-state index in [1.54, 1.807) is 0 Å². The van der Waals surface area contributed by atoms with E-state index in [1.807, 2.05) is 66.0 Å². The standard InChI is InChI=1S/C24H28N4O2/c1-17-9-10-21(18(2)13-17)25-24(29)28-12-11-23-20(14-28)22(26-27(23)3)16-30-15-19-7-5-4-6-8-19/h4-10,13H,11-12,14-16H2,1-3H3,(H,25,29). The summed E-state index contributed by atoms with van der Waals surface area (Å²) in [6.45, 7) is 6.26. The van der Waals surface area contributed by atoms with Crippen LogP contribution in [0.2, 0.25) is 0 Å². The fraction of sp³-hybridized carbons (Fsp3) is 0.333. The molecule has 1 aliphatic rings. The summed E-state index contributed by atoms with van der Waals surface area (Å²) in [7, 11) is 1.96. The molecule has 0 spiro atoms. The van der Waals surface area contributed by atoms with Crippen LogP contribution >= 0.6 is 0 Å². The summed E-state index contributed by atoms with van der Waals surface area (Å²) in [5.74, 6) is 0. The van der Waals surface area contributed by atoms with Crippen LogP contribution in [0, 0.1) is 13.8 Å². The van der Waals surface area contributed by atoms with Crippen LogP contribution in [0.5, 0.6) is 0 Å². The van der Waals surface area contributed by atoms with Crippen molar-refractivity contribution < 1.29 is 9.53 Å². The second-order valence-corrected chi connectivity index (χ2v) is 7.89. The molecule has 2 amide bonds. The molecule has 0 radical (unpaired) electrons. The predicted octanol–water partition coefficient (Wildman–Crippen LogP) is 4.34. The maximum absolute atomic E-state index is 12.9. The third-order valence-electron chi connectivity index (χ3n) is 5.59. The summed E-state index contributed by atoms with van der Waals surface area (Å²) >= 11 is 0. The second-order valence-electron chi connectivity index (χ2n) is 7.89. The number of hydrogen-bond acceptors (Lipinski definition) is 3. The summed E-state index contributed by atoms with van der Waals surface area (Å²) in [4.78, 5) is 14.7. The second kappa shape index (κ2) is 8.71. The molecule has 0 saturated heterocycles. The number of benzene rings is 2. The third-order valence-corrected chi connectivity index (χ3v) is 5.59. The number of aromatic nitrogens is 2. The lowest BCUT2D eigenvalue weighted by molar-refractivity contribution is 0.103. The first-order valence-corrected chi connectivity index (χ1v) is 10.3. The van der Waals surface area contributed by atoms with Gasteiger partial charge in [0.15, 0.2) is 0 Å². The molecule has 6 heteroatoms. The van der Waals surface area contributed by atoms with Gasteiger partial charge in [-0.05, 0) is 31.0 Å². The van der Waals surface area contributed by atoms with E-state index in [2.05, 4.69) is 23.4 Å². The van der Waals surface area contributed by atoms with Crippen LogP contribution in [-0.2, 0) is 38.0 Å². The molecule has 0 fully saturated rings. The molecule has 30 heavy (non-hydrogen) atoms. The van der Waals surface area contributed by atoms with Gasteiger partial charge in [-0.25, -0.2) is 4.79 Å². The van der Waals surface area contributed by atoms with E-state index >= 15 is 0 Å². The molecular formula is C24H28N4O2. The Kier molecular flexibility index (Phi) is 5.86. The van der Waals surface area contributed by atoms with E-state index < -0.39 is 0 Å². The summed E-state index contributed by atoms with van der Waals surface area (Å²) in [5.41, 5.74) is 7.44. The Morgan fingerprint density at radius 1 is 1.13 bits per heavy atom. The van der Waals surface area contributed by atoms with Crippen molar-refractivity contribution in [3.05, 3.63) is 82.2 Å². The number of nitrogens with zero attached hydrogens (tertiary/aromatic N) is 3. The fourth-order valence-corrected chi connectivity index (χ4v) is 3.95. The van der Waals surface area contributed by atoms with Gasteiger partial charge in [-0.2, -0.15) is 5.10 Å². The molecule has 1 aliphatic heterocycles. The topological polar surface area (TPSA) is 59.4 Å². The van der Waals surface area contributed by atoms with Crippen LogP contribution in [0.3, 0.4) is 0 Å². The molecule has 1 aromatic heterocycles. The number of hydrogen-bond donors (Lipinski definition) is 1. The van der Waals surface area contributed by atoms with Crippen LogP contribution in [0.4, 0.5) is 10.5 Å². The van der Waals surface area contributed by atoms with Crippen molar-refractivity contribution >= 4 is 11.7 Å². The zero-order valence-corrected chi connectivity index (χ0v) is 17.8. The van der Waals surface area contributed by atoms with Crippen molar-refractivity contribution in [2.75, 3.05) is 11.9 Å². The minimum absolute atomic E-state index is 0.0763. The molecule has 1 N–H and O–H groups in total. The molecule has 4 rings (SSSR count). The molecular weight excluding hydrogens is 376 g/mol. The summed E-state index contributed by atoms with van der Waals surface area (Å²) in [5, 5.41) is 7.72. The highest BCUT2D eigenvalue weighted by Gasteiger charge is 2.27. The van der Waals surface area contributed by atoms with Crippen LogP contribution in [0.15, 0.2) is 48.5 Å². The lowest BCUT2D eigenvalue weighted by Gasteiger charge is -2.28. The third kappa shape index (κ3) is 4.39. The van der Waals surface area contributed by atoms with E-state index in [4.69, 9.17) is 4.74 Å². The van der Waals surface area contributed by atoms with Gasteiger partial charge >= 0.3 is 6.03 Å². The molecule has 0 atom stereocenters. The van der Waals surface area contributed by atoms with E-state index in [-0.39, 0.29) is 6.03 Å². The largest absolute Gasteiger partial charge is 0.370 e. The minimum atomic E-state index is -0.0763. The van der Waals surface area contributed by atoms with E-state index in [1.165, 1.54) is 11.3 Å². The maximum Gasteiger partial charge on any atom is 0.322 e. The minimum Gasteiger partial charge on any atom is -0.370 e. The molecule has 0 aliphatic carbocycles. The molecule has 2 aromatic carbocycles. The van der Waals surface area contributed by atoms with Crippen LogP contribution < -0.4 is 5.32 Å². The average molecular weight is 405 g/mol. The van der Waals surface area contributed by atoms with Gasteiger partial charge < -0.3 is 15.0 Å². The number of carbonyl (C=O) groups excluding carboxylic acids is 1. The monoisotopic (exact) mass is 404 g/mol. The Morgan fingerprint density at radius 3 is 2.70 bits per heavy atom. The molecule has 156 valence electrons. The van der Waals surface area contributed by atoms with Crippen molar-refractivity contribution in [3.8, 4) is 0 Å². The number of amides is 2. The van der Waals surface area contributed by atoms with Crippen molar-refractivity contribution in [3.63, 3.8) is 0 Å². The molecule has 2 heterocycles. The smallest absolute Gasteiger partial charge is 0.322 e. The fourth-order valence-electron chi connectivity index (χ4n) is 3.95. The van der Waals surface area contributed by atoms with Crippen LogP contribution in [0.1, 0.15) is 33.6 Å². The Hall–Kier alpha value is -3.12. The van der Waals surface area contributed by atoms with Crippen LogP contribution in [-0.4, -0.2) is 27.3 Å². The number of ether oxygens (including phenoxy) is 1. The molecule has 3 aromatic rings. The summed E-state index contributed by atoms with van der Waals surface area (Å²) in [6, 6.07) is 16.1. The number of anilines is 1. The van der Waals surface area contributed by atoms with Crippen molar-refractivity contribution in [1.82, 2.24) is 14.7 Å². The van der Waals surface area contributed by atoms with Gasteiger partial charge in [0.25, 0.3) is 0 Å². The summed E-state index contributed by atoms with van der Waals surface area (Å²) < 4.78 is 7.84. The highest BCUT2D eigenvalue weighted by atomic mass is 16.5. The van der Waals surface area contributed by atoms with E-state index in [0.717, 1.165) is 34.5 Å². The van der Waals surface area contributed by atoms with E-state index in [9.17, 15) is 4.79 Å². The SMILES string of the molecule is Cc1ccc(NC(=O)N2CCc3c(c(COCc4ccccc4)nn3C)C2)c(C)c1. The summed E-state index contributed by atoms with van der Waals surface area (Å²) in [6.07, 6.45) is 0.790. The van der Waals surface area contributed by atoms with Gasteiger partial charge in [0.2, 0.25) is 0 Å². The number of urea groups is 1. The lowest BCUT2D eigenvalue weighted by atomic mass is 10.1. The van der Waals surface area contributed by atoms with Gasteiger partial charge in [-0.1, -0.05) is 48.0 Å². The predicted molar refractivity (Wildman–Crippen MR) is 117 cm³/mol. The quantitative estimate of drug-likeness (QED) is 0.688. The van der Waals surface area contributed by atoms with Crippen molar-refractivity contribution in [2.45, 2.75) is 40.0 Å². The number of rotatable bonds is 5. The van der Waals surface area contributed by atoms with Crippen molar-refractivity contribution in [1.29, 1.82) is 0 Å². The first kappa shape index (κ1) is 20.2. The van der Waals surface area contributed by atoms with Crippen LogP contribution in [0.25, 0.3) is 0 Å². The first-order valence-electron chi connectivity index (χ1n) is 10.3. The molecule has 0 saturated carbocycles. The van der Waals surface area contributed by atoms with Gasteiger partial charge in [-0.15, -0.1) is 0 Å². The number of nitrogens with one attached hydrogen (secondary N) is 1. The van der Waals surface area contributed by atoms with Gasteiger partial charge in [-0.3, -0.25) is 4.68 Å².